The first-order chi connectivity index (χ1) is 12.7. The molecule has 27 heavy (non-hydrogen) atoms. The van der Waals surface area contributed by atoms with Gasteiger partial charge in [-0.3, -0.25) is 4.99 Å². The number of rotatable bonds is 10. The van der Waals surface area contributed by atoms with Crippen LogP contribution in [0, 0.1) is 5.92 Å². The molecule has 8 heteroatoms. The van der Waals surface area contributed by atoms with Gasteiger partial charge >= 0.3 is 0 Å². The Morgan fingerprint density at radius 1 is 1.26 bits per heavy atom. The van der Waals surface area contributed by atoms with Crippen LogP contribution < -0.4 is 10.6 Å². The molecule has 2 N–H and O–H groups in total. The summed E-state index contributed by atoms with van der Waals surface area (Å²) in [6.45, 7) is 4.95. The Morgan fingerprint density at radius 3 is 2.70 bits per heavy atom. The molecule has 154 valence electrons. The van der Waals surface area contributed by atoms with Crippen molar-refractivity contribution in [1.29, 1.82) is 0 Å². The van der Waals surface area contributed by atoms with Gasteiger partial charge in [0, 0.05) is 49.3 Å². The Labute approximate surface area is 189 Å². The Hall–Kier alpha value is -0.280. The highest BCUT2D eigenvalue weighted by molar-refractivity contribution is 14.0. The standard InChI is InChI=1S/C19H29Cl2N3O2.HI/c1-22-19(24-9-3-10-25-13-15-7-11-26-14-15)23-8-2-4-16-5-6-17(20)12-18(16)21;/h5-6,12,15H,2-4,7-11,13-14H2,1H3,(H2,22,23,24);1H. The van der Waals surface area contributed by atoms with Gasteiger partial charge in [0.2, 0.25) is 0 Å². The fourth-order valence-electron chi connectivity index (χ4n) is 2.78. The molecule has 0 spiro atoms. The van der Waals surface area contributed by atoms with Crippen molar-refractivity contribution in [3.05, 3.63) is 33.8 Å². The Kier molecular flexibility index (Phi) is 13.5. The molecule has 0 amide bonds. The predicted molar refractivity (Wildman–Crippen MR) is 124 cm³/mol. The minimum absolute atomic E-state index is 0. The minimum Gasteiger partial charge on any atom is -0.381 e. The van der Waals surface area contributed by atoms with Gasteiger partial charge in [0.15, 0.2) is 5.96 Å². The number of nitrogens with one attached hydrogen (secondary N) is 2. The van der Waals surface area contributed by atoms with Crippen LogP contribution in [0.3, 0.4) is 0 Å². The highest BCUT2D eigenvalue weighted by atomic mass is 127. The lowest BCUT2D eigenvalue weighted by Crippen LogP contribution is -2.38. The van der Waals surface area contributed by atoms with Crippen LogP contribution in [0.4, 0.5) is 0 Å². The van der Waals surface area contributed by atoms with E-state index >= 15 is 0 Å². The van der Waals surface area contributed by atoms with E-state index in [1.807, 2.05) is 12.1 Å². The van der Waals surface area contributed by atoms with Gasteiger partial charge in [0.1, 0.15) is 0 Å². The number of hydrogen-bond acceptors (Lipinski definition) is 3. The molecule has 1 aliphatic heterocycles. The zero-order chi connectivity index (χ0) is 18.6. The summed E-state index contributed by atoms with van der Waals surface area (Å²) in [6.07, 6.45) is 3.94. The summed E-state index contributed by atoms with van der Waals surface area (Å²) >= 11 is 12.1. The quantitative estimate of drug-likeness (QED) is 0.207. The molecule has 1 fully saturated rings. The van der Waals surface area contributed by atoms with Crippen molar-refractivity contribution in [2.45, 2.75) is 25.7 Å². The van der Waals surface area contributed by atoms with Crippen molar-refractivity contribution < 1.29 is 9.47 Å². The van der Waals surface area contributed by atoms with Gasteiger partial charge in [-0.2, -0.15) is 0 Å². The maximum absolute atomic E-state index is 6.19. The van der Waals surface area contributed by atoms with E-state index in [1.165, 1.54) is 0 Å². The zero-order valence-corrected chi connectivity index (χ0v) is 19.7. The van der Waals surface area contributed by atoms with Crippen LogP contribution in [0.15, 0.2) is 23.2 Å². The number of hydrogen-bond donors (Lipinski definition) is 2. The SMILES string of the molecule is CN=C(NCCCOCC1CCOC1)NCCCc1ccc(Cl)cc1Cl.I. The normalized spacial score (nSPS) is 16.9. The third-order valence-electron chi connectivity index (χ3n) is 4.29. The highest BCUT2D eigenvalue weighted by Gasteiger charge is 2.15. The van der Waals surface area contributed by atoms with Gasteiger partial charge in [-0.1, -0.05) is 29.3 Å². The fourth-order valence-corrected chi connectivity index (χ4v) is 3.28. The molecule has 5 nitrogen and oxygen atoms in total. The summed E-state index contributed by atoms with van der Waals surface area (Å²) in [5.74, 6) is 1.39. The average Bonchev–Trinajstić information content (AvgIpc) is 3.14. The van der Waals surface area contributed by atoms with E-state index in [0.29, 0.717) is 10.9 Å². The van der Waals surface area contributed by atoms with Gasteiger partial charge < -0.3 is 20.1 Å². The van der Waals surface area contributed by atoms with Crippen LogP contribution in [-0.2, 0) is 15.9 Å². The van der Waals surface area contributed by atoms with E-state index in [9.17, 15) is 0 Å². The first-order valence-electron chi connectivity index (χ1n) is 9.23. The van der Waals surface area contributed by atoms with Crippen molar-refractivity contribution in [1.82, 2.24) is 10.6 Å². The number of aryl methyl sites for hydroxylation is 1. The number of guanidine groups is 1. The minimum atomic E-state index is 0. The average molecular weight is 530 g/mol. The summed E-state index contributed by atoms with van der Waals surface area (Å²) < 4.78 is 11.0. The molecular weight excluding hydrogens is 500 g/mol. The molecule has 1 aromatic carbocycles. The van der Waals surface area contributed by atoms with Crippen molar-refractivity contribution in [3.63, 3.8) is 0 Å². The summed E-state index contributed by atoms with van der Waals surface area (Å²) in [4.78, 5) is 4.24. The molecule has 1 aromatic rings. The molecule has 1 heterocycles. The number of aliphatic imine (C=N–C) groups is 1. The molecule has 1 unspecified atom stereocenters. The molecule has 0 aliphatic carbocycles. The Balaban J connectivity index is 0.00000364. The van der Waals surface area contributed by atoms with Crippen molar-refractivity contribution in [2.24, 2.45) is 10.9 Å². The lowest BCUT2D eigenvalue weighted by molar-refractivity contribution is 0.0888. The van der Waals surface area contributed by atoms with E-state index in [1.54, 1.807) is 13.1 Å². The monoisotopic (exact) mass is 529 g/mol. The molecule has 2 rings (SSSR count). The molecule has 1 saturated heterocycles. The fraction of sp³-hybridized carbons (Fsp3) is 0.632. The van der Waals surface area contributed by atoms with E-state index in [0.717, 1.165) is 81.7 Å². The van der Waals surface area contributed by atoms with Crippen LogP contribution in [0.5, 0.6) is 0 Å². The largest absolute Gasteiger partial charge is 0.381 e. The van der Waals surface area contributed by atoms with Gasteiger partial charge in [-0.25, -0.2) is 0 Å². The molecular formula is C19H30Cl2IN3O2. The first kappa shape index (κ1) is 24.8. The highest BCUT2D eigenvalue weighted by Crippen LogP contribution is 2.21. The Morgan fingerprint density at radius 2 is 2.04 bits per heavy atom. The molecule has 0 aromatic heterocycles. The van der Waals surface area contributed by atoms with Crippen LogP contribution in [0.25, 0.3) is 0 Å². The third-order valence-corrected chi connectivity index (χ3v) is 4.88. The maximum atomic E-state index is 6.19. The van der Waals surface area contributed by atoms with Crippen LogP contribution in [0.2, 0.25) is 10.0 Å². The maximum Gasteiger partial charge on any atom is 0.190 e. The molecule has 1 aliphatic rings. The van der Waals surface area contributed by atoms with Gasteiger partial charge in [-0.15, -0.1) is 24.0 Å². The summed E-state index contributed by atoms with van der Waals surface area (Å²) in [5.41, 5.74) is 1.12. The molecule has 1 atom stereocenters. The van der Waals surface area contributed by atoms with Crippen LogP contribution in [-0.4, -0.2) is 52.5 Å². The molecule has 0 saturated carbocycles. The second kappa shape index (κ2) is 14.7. The van der Waals surface area contributed by atoms with E-state index < -0.39 is 0 Å². The zero-order valence-electron chi connectivity index (χ0n) is 15.8. The summed E-state index contributed by atoms with van der Waals surface area (Å²) in [5, 5.41) is 8.02. The third kappa shape index (κ3) is 10.2. The number of ether oxygens (including phenoxy) is 2. The van der Waals surface area contributed by atoms with Crippen molar-refractivity contribution in [3.8, 4) is 0 Å². The van der Waals surface area contributed by atoms with Crippen molar-refractivity contribution >= 4 is 53.1 Å². The number of nitrogens with zero attached hydrogens (tertiary/aromatic N) is 1. The van der Waals surface area contributed by atoms with Crippen molar-refractivity contribution in [2.75, 3.05) is 46.6 Å². The van der Waals surface area contributed by atoms with E-state index in [-0.39, 0.29) is 24.0 Å². The molecule has 0 radical (unpaired) electrons. The number of halogens is 3. The first-order valence-corrected chi connectivity index (χ1v) is 9.98. The predicted octanol–water partition coefficient (Wildman–Crippen LogP) is 4.15. The molecule has 0 bridgehead atoms. The second-order valence-electron chi connectivity index (χ2n) is 6.42. The van der Waals surface area contributed by atoms with Gasteiger partial charge in [0.25, 0.3) is 0 Å². The smallest absolute Gasteiger partial charge is 0.190 e. The topological polar surface area (TPSA) is 54.9 Å². The summed E-state index contributed by atoms with van der Waals surface area (Å²) in [6, 6.07) is 5.64. The van der Waals surface area contributed by atoms with Crippen LogP contribution >= 0.6 is 47.2 Å². The van der Waals surface area contributed by atoms with E-state index in [4.69, 9.17) is 32.7 Å². The Bertz CT molecular complexity index is 570. The number of benzene rings is 1. The lowest BCUT2D eigenvalue weighted by Gasteiger charge is -2.13. The van der Waals surface area contributed by atoms with Gasteiger partial charge in [-0.05, 0) is 43.4 Å². The summed E-state index contributed by atoms with van der Waals surface area (Å²) in [7, 11) is 1.78. The lowest BCUT2D eigenvalue weighted by atomic mass is 10.1. The van der Waals surface area contributed by atoms with E-state index in [2.05, 4.69) is 15.6 Å². The van der Waals surface area contributed by atoms with Gasteiger partial charge in [0.05, 0.1) is 13.2 Å². The van der Waals surface area contributed by atoms with Crippen LogP contribution in [0.1, 0.15) is 24.8 Å². The second-order valence-corrected chi connectivity index (χ2v) is 7.27.